The van der Waals surface area contributed by atoms with E-state index in [4.69, 9.17) is 11.6 Å². The van der Waals surface area contributed by atoms with Gasteiger partial charge in [0.2, 0.25) is 0 Å². The molecule has 2 aromatic heterocycles. The Bertz CT molecular complexity index is 1120. The summed E-state index contributed by atoms with van der Waals surface area (Å²) in [6.07, 6.45) is 0. The lowest BCUT2D eigenvalue weighted by Gasteiger charge is -2.11. The van der Waals surface area contributed by atoms with Gasteiger partial charge in [0.1, 0.15) is 0 Å². The molecular weight excluding hydrogens is 390 g/mol. The summed E-state index contributed by atoms with van der Waals surface area (Å²) in [5, 5.41) is 9.66. The van der Waals surface area contributed by atoms with E-state index in [0.29, 0.717) is 17.3 Å². The maximum atomic E-state index is 12.4. The molecule has 2 amide bonds. The average Bonchev–Trinajstić information content (AvgIpc) is 3.32. The largest absolute Gasteiger partial charge is 0.340 e. The number of aromatic nitrogens is 1. The molecule has 4 nitrogen and oxygen atoms in total. The third-order valence-electron chi connectivity index (χ3n) is 4.65. The number of amides is 2. The standard InChI is InChI=1S/C22H20ClN3OS/c1-2-26-19-10-4-3-9-17(19)18(21(26)20-11-6-12-28-20)14-24-22(27)25-16-8-5-7-15(23)13-16/h3-13H,2,14H2,1H3,(H2,24,25,27). The highest BCUT2D eigenvalue weighted by Gasteiger charge is 2.18. The van der Waals surface area contributed by atoms with Gasteiger partial charge in [0, 0.05) is 40.3 Å². The first-order valence-corrected chi connectivity index (χ1v) is 10.4. The maximum absolute atomic E-state index is 12.4. The molecule has 142 valence electrons. The van der Waals surface area contributed by atoms with Crippen LogP contribution in [0.1, 0.15) is 12.5 Å². The van der Waals surface area contributed by atoms with Crippen molar-refractivity contribution >= 4 is 45.6 Å². The molecule has 4 rings (SSSR count). The Balaban J connectivity index is 1.64. The molecule has 6 heteroatoms. The molecule has 0 fully saturated rings. The molecule has 0 radical (unpaired) electrons. The van der Waals surface area contributed by atoms with E-state index in [9.17, 15) is 4.79 Å². The van der Waals surface area contributed by atoms with Gasteiger partial charge in [-0.15, -0.1) is 11.3 Å². The van der Waals surface area contributed by atoms with Gasteiger partial charge in [-0.2, -0.15) is 0 Å². The van der Waals surface area contributed by atoms with Crippen molar-refractivity contribution < 1.29 is 4.79 Å². The van der Waals surface area contributed by atoms with Crippen LogP contribution in [0.3, 0.4) is 0 Å². The highest BCUT2D eigenvalue weighted by atomic mass is 35.5. The minimum Gasteiger partial charge on any atom is -0.340 e. The number of rotatable bonds is 5. The van der Waals surface area contributed by atoms with E-state index in [1.807, 2.05) is 18.2 Å². The van der Waals surface area contributed by atoms with Gasteiger partial charge in [-0.3, -0.25) is 0 Å². The zero-order chi connectivity index (χ0) is 19.5. The van der Waals surface area contributed by atoms with Gasteiger partial charge in [-0.1, -0.05) is 41.9 Å². The molecule has 0 aliphatic rings. The molecule has 28 heavy (non-hydrogen) atoms. The smallest absolute Gasteiger partial charge is 0.319 e. The molecule has 0 spiro atoms. The summed E-state index contributed by atoms with van der Waals surface area (Å²) in [7, 11) is 0. The Kier molecular flexibility index (Phi) is 5.37. The lowest BCUT2D eigenvalue weighted by molar-refractivity contribution is 0.252. The van der Waals surface area contributed by atoms with Gasteiger partial charge in [-0.05, 0) is 42.6 Å². The Morgan fingerprint density at radius 2 is 1.96 bits per heavy atom. The van der Waals surface area contributed by atoms with Crippen molar-refractivity contribution in [2.45, 2.75) is 20.0 Å². The van der Waals surface area contributed by atoms with E-state index in [1.165, 1.54) is 16.1 Å². The monoisotopic (exact) mass is 409 g/mol. The first kappa shape index (κ1) is 18.6. The van der Waals surface area contributed by atoms with E-state index in [1.54, 1.807) is 23.5 Å². The van der Waals surface area contributed by atoms with Crippen molar-refractivity contribution in [1.82, 2.24) is 9.88 Å². The number of para-hydroxylation sites is 1. The van der Waals surface area contributed by atoms with Crippen LogP contribution in [-0.4, -0.2) is 10.6 Å². The fourth-order valence-corrected chi connectivity index (χ4v) is 4.48. The minimum absolute atomic E-state index is 0.257. The van der Waals surface area contributed by atoms with Crippen LogP contribution in [0, 0.1) is 0 Å². The van der Waals surface area contributed by atoms with Crippen LogP contribution >= 0.6 is 22.9 Å². The summed E-state index contributed by atoms with van der Waals surface area (Å²) in [6.45, 7) is 3.45. The lowest BCUT2D eigenvalue weighted by atomic mass is 10.1. The maximum Gasteiger partial charge on any atom is 0.319 e. The average molecular weight is 410 g/mol. The number of benzene rings is 2. The number of fused-ring (bicyclic) bond motifs is 1. The molecule has 4 aromatic rings. The van der Waals surface area contributed by atoms with Crippen LogP contribution in [0.15, 0.2) is 66.0 Å². The van der Waals surface area contributed by atoms with Gasteiger partial charge >= 0.3 is 6.03 Å². The van der Waals surface area contributed by atoms with Crippen LogP contribution in [0.5, 0.6) is 0 Å². The number of nitrogens with one attached hydrogen (secondary N) is 2. The third-order valence-corrected chi connectivity index (χ3v) is 5.77. The molecule has 0 bridgehead atoms. The predicted octanol–water partition coefficient (Wildman–Crippen LogP) is 6.36. The number of hydrogen-bond acceptors (Lipinski definition) is 2. The van der Waals surface area contributed by atoms with Gasteiger partial charge in [0.25, 0.3) is 0 Å². The van der Waals surface area contributed by atoms with Crippen LogP contribution in [0.25, 0.3) is 21.5 Å². The fourth-order valence-electron chi connectivity index (χ4n) is 3.49. The molecule has 0 saturated carbocycles. The molecular formula is C22H20ClN3OS. The van der Waals surface area contributed by atoms with Gasteiger partial charge < -0.3 is 15.2 Å². The molecule has 2 aromatic carbocycles. The number of anilines is 1. The number of nitrogens with zero attached hydrogens (tertiary/aromatic N) is 1. The molecule has 0 aliphatic carbocycles. The van der Waals surface area contributed by atoms with E-state index in [-0.39, 0.29) is 6.03 Å². The first-order chi connectivity index (χ1) is 13.7. The third kappa shape index (κ3) is 3.63. The SMILES string of the molecule is CCn1c(-c2cccs2)c(CNC(=O)Nc2cccc(Cl)c2)c2ccccc21. The molecule has 0 unspecified atom stereocenters. The predicted molar refractivity (Wildman–Crippen MR) is 118 cm³/mol. The molecule has 2 N–H and O–H groups in total. The second-order valence-corrected chi connectivity index (χ2v) is 7.77. The number of aryl methyl sites for hydroxylation is 1. The van der Waals surface area contributed by atoms with Crippen LogP contribution < -0.4 is 10.6 Å². The summed E-state index contributed by atoms with van der Waals surface area (Å²) in [6, 6.07) is 19.4. The van der Waals surface area contributed by atoms with Crippen LogP contribution in [0.4, 0.5) is 10.5 Å². The Morgan fingerprint density at radius 1 is 1.11 bits per heavy atom. The van der Waals surface area contributed by atoms with Gasteiger partial charge in [-0.25, -0.2) is 4.79 Å². The lowest BCUT2D eigenvalue weighted by Crippen LogP contribution is -2.28. The number of thiophene rings is 1. The van der Waals surface area contributed by atoms with Gasteiger partial charge in [0.05, 0.1) is 10.6 Å². The Hall–Kier alpha value is -2.76. The van der Waals surface area contributed by atoms with Crippen LogP contribution in [-0.2, 0) is 13.1 Å². The van der Waals surface area contributed by atoms with Crippen LogP contribution in [0.2, 0.25) is 5.02 Å². The second-order valence-electron chi connectivity index (χ2n) is 6.38. The first-order valence-electron chi connectivity index (χ1n) is 9.11. The minimum atomic E-state index is -0.257. The topological polar surface area (TPSA) is 46.1 Å². The zero-order valence-electron chi connectivity index (χ0n) is 15.4. The van der Waals surface area contributed by atoms with E-state index in [2.05, 4.69) is 57.8 Å². The highest BCUT2D eigenvalue weighted by Crippen LogP contribution is 2.36. The van der Waals surface area contributed by atoms with Crippen molar-refractivity contribution in [2.24, 2.45) is 0 Å². The summed E-state index contributed by atoms with van der Waals surface area (Å²) in [5.41, 5.74) is 4.14. The van der Waals surface area contributed by atoms with Crippen molar-refractivity contribution in [3.8, 4) is 10.6 Å². The number of hydrogen-bond donors (Lipinski definition) is 2. The second kappa shape index (κ2) is 8.09. The van der Waals surface area contributed by atoms with Gasteiger partial charge in [0.15, 0.2) is 0 Å². The van der Waals surface area contributed by atoms with Crippen molar-refractivity contribution in [3.05, 3.63) is 76.6 Å². The summed E-state index contributed by atoms with van der Waals surface area (Å²) in [5.74, 6) is 0. The van der Waals surface area contributed by atoms with E-state index < -0.39 is 0 Å². The number of halogens is 1. The number of urea groups is 1. The summed E-state index contributed by atoms with van der Waals surface area (Å²) >= 11 is 7.70. The normalized spacial score (nSPS) is 10.9. The van der Waals surface area contributed by atoms with E-state index >= 15 is 0 Å². The zero-order valence-corrected chi connectivity index (χ0v) is 17.0. The summed E-state index contributed by atoms with van der Waals surface area (Å²) in [4.78, 5) is 13.6. The summed E-state index contributed by atoms with van der Waals surface area (Å²) < 4.78 is 2.31. The molecule has 2 heterocycles. The quantitative estimate of drug-likeness (QED) is 0.395. The Morgan fingerprint density at radius 3 is 2.71 bits per heavy atom. The fraction of sp³-hybridized carbons (Fsp3) is 0.136. The Labute approximate surface area is 172 Å². The van der Waals surface area contributed by atoms with Crippen molar-refractivity contribution in [2.75, 3.05) is 5.32 Å². The molecule has 0 atom stereocenters. The van der Waals surface area contributed by atoms with E-state index in [0.717, 1.165) is 17.5 Å². The number of carbonyl (C=O) groups is 1. The highest BCUT2D eigenvalue weighted by molar-refractivity contribution is 7.13. The molecule has 0 saturated heterocycles. The number of carbonyl (C=O) groups excluding carboxylic acids is 1. The van der Waals surface area contributed by atoms with Crippen molar-refractivity contribution in [1.29, 1.82) is 0 Å². The molecule has 0 aliphatic heterocycles. The van der Waals surface area contributed by atoms with Crippen molar-refractivity contribution in [3.63, 3.8) is 0 Å².